The summed E-state index contributed by atoms with van der Waals surface area (Å²) in [5, 5.41) is 60.9. The minimum atomic E-state index is -2.49. The van der Waals surface area contributed by atoms with Crippen LogP contribution in [0.2, 0.25) is 0 Å². The summed E-state index contributed by atoms with van der Waals surface area (Å²) >= 11 is 0. The molecule has 1 heterocycles. The maximum Gasteiger partial charge on any atom is 0.226 e. The van der Waals surface area contributed by atoms with Gasteiger partial charge in [-0.3, -0.25) is 0 Å². The van der Waals surface area contributed by atoms with E-state index in [4.69, 9.17) is 4.74 Å². The molecule has 6 N–H and O–H groups in total. The highest BCUT2D eigenvalue weighted by Gasteiger charge is 2.54. The number of rotatable bonds is 5. The van der Waals surface area contributed by atoms with Crippen molar-refractivity contribution in [3.8, 4) is 5.75 Å². The average Bonchev–Trinajstić information content (AvgIpc) is 2.71. The smallest absolute Gasteiger partial charge is 0.226 e. The Morgan fingerprint density at radius 3 is 2.17 bits per heavy atom. The van der Waals surface area contributed by atoms with Crippen molar-refractivity contribution in [1.82, 2.24) is 0 Å². The van der Waals surface area contributed by atoms with E-state index in [2.05, 4.69) is 13.8 Å². The molecule has 0 saturated carbocycles. The molecule has 7 nitrogen and oxygen atoms in total. The van der Waals surface area contributed by atoms with Crippen molar-refractivity contribution < 1.29 is 35.4 Å². The molecule has 2 aromatic rings. The van der Waals surface area contributed by atoms with Crippen molar-refractivity contribution >= 4 is 0 Å². The van der Waals surface area contributed by atoms with Crippen LogP contribution in [0.15, 0.2) is 42.5 Å². The van der Waals surface area contributed by atoms with E-state index in [0.717, 1.165) is 11.1 Å². The number of phenols is 1. The van der Waals surface area contributed by atoms with Crippen molar-refractivity contribution in [2.75, 3.05) is 6.61 Å². The van der Waals surface area contributed by atoms with Crippen LogP contribution in [0.25, 0.3) is 0 Å². The molecule has 0 radical (unpaired) electrons. The number of hydrogen-bond acceptors (Lipinski definition) is 7. The van der Waals surface area contributed by atoms with E-state index in [1.165, 1.54) is 17.7 Å². The lowest BCUT2D eigenvalue weighted by Crippen LogP contribution is -2.63. The van der Waals surface area contributed by atoms with Gasteiger partial charge < -0.3 is 35.4 Å². The summed E-state index contributed by atoms with van der Waals surface area (Å²) in [7, 11) is 0. The van der Waals surface area contributed by atoms with Gasteiger partial charge in [0.15, 0.2) is 0 Å². The first kappa shape index (κ1) is 21.7. The molecule has 0 spiro atoms. The third kappa shape index (κ3) is 4.16. The zero-order valence-electron chi connectivity index (χ0n) is 16.4. The second-order valence-electron chi connectivity index (χ2n) is 7.89. The highest BCUT2D eigenvalue weighted by Crippen LogP contribution is 2.40. The van der Waals surface area contributed by atoms with E-state index in [-0.39, 0.29) is 11.3 Å². The summed E-state index contributed by atoms with van der Waals surface area (Å²) in [6, 6.07) is 12.6. The summed E-state index contributed by atoms with van der Waals surface area (Å²) in [6.07, 6.45) is -6.10. The number of aliphatic hydroxyl groups excluding tert-OH is 4. The van der Waals surface area contributed by atoms with Crippen LogP contribution in [-0.4, -0.2) is 61.7 Å². The fraction of sp³-hybridized carbons (Fsp3) is 0.455. The molecule has 0 bridgehead atoms. The van der Waals surface area contributed by atoms with Gasteiger partial charge in [0.1, 0.15) is 30.2 Å². The van der Waals surface area contributed by atoms with Crippen LogP contribution in [-0.2, 0) is 16.9 Å². The second kappa shape index (κ2) is 8.39. The van der Waals surface area contributed by atoms with Crippen molar-refractivity contribution in [1.29, 1.82) is 0 Å². The third-order valence-corrected chi connectivity index (χ3v) is 5.47. The second-order valence-corrected chi connectivity index (χ2v) is 7.89. The van der Waals surface area contributed by atoms with E-state index in [9.17, 15) is 30.6 Å². The summed E-state index contributed by atoms with van der Waals surface area (Å²) < 4.78 is 5.32. The van der Waals surface area contributed by atoms with Gasteiger partial charge >= 0.3 is 0 Å². The number of aliphatic hydroxyl groups is 5. The van der Waals surface area contributed by atoms with Crippen LogP contribution in [0.4, 0.5) is 0 Å². The molecule has 5 atom stereocenters. The predicted octanol–water partition coefficient (Wildman–Crippen LogP) is 0.725. The van der Waals surface area contributed by atoms with Gasteiger partial charge in [-0.25, -0.2) is 0 Å². The monoisotopic (exact) mass is 404 g/mol. The highest BCUT2D eigenvalue weighted by molar-refractivity contribution is 5.42. The van der Waals surface area contributed by atoms with Gasteiger partial charge in [0, 0.05) is 0 Å². The topological polar surface area (TPSA) is 131 Å². The van der Waals surface area contributed by atoms with Crippen LogP contribution in [0.5, 0.6) is 5.75 Å². The summed E-state index contributed by atoms with van der Waals surface area (Å²) in [5.74, 6) is -2.41. The molecule has 1 aliphatic heterocycles. The molecule has 1 fully saturated rings. The van der Waals surface area contributed by atoms with E-state index in [0.29, 0.717) is 12.3 Å². The minimum absolute atomic E-state index is 0.147. The van der Waals surface area contributed by atoms with Gasteiger partial charge in [-0.2, -0.15) is 0 Å². The van der Waals surface area contributed by atoms with Crippen LogP contribution in [0, 0.1) is 0 Å². The van der Waals surface area contributed by atoms with Gasteiger partial charge in [-0.05, 0) is 41.2 Å². The van der Waals surface area contributed by atoms with Gasteiger partial charge in [0.2, 0.25) is 5.79 Å². The van der Waals surface area contributed by atoms with E-state index < -0.39 is 36.8 Å². The first-order valence-electron chi connectivity index (χ1n) is 9.63. The molecule has 7 heteroatoms. The van der Waals surface area contributed by atoms with Gasteiger partial charge in [0.05, 0.1) is 12.2 Å². The number of aromatic hydroxyl groups is 1. The quantitative estimate of drug-likeness (QED) is 0.433. The lowest BCUT2D eigenvalue weighted by molar-refractivity contribution is -0.358. The minimum Gasteiger partial charge on any atom is -0.507 e. The van der Waals surface area contributed by atoms with Gasteiger partial charge in [-0.1, -0.05) is 44.2 Å². The molecule has 0 unspecified atom stereocenters. The lowest BCUT2D eigenvalue weighted by atomic mass is 9.86. The molecular formula is C22H28O7. The van der Waals surface area contributed by atoms with Crippen LogP contribution in [0.1, 0.15) is 42.0 Å². The summed E-state index contributed by atoms with van der Waals surface area (Å²) in [5.41, 5.74) is 2.83. The molecule has 1 aliphatic rings. The molecule has 29 heavy (non-hydrogen) atoms. The molecule has 2 aromatic carbocycles. The van der Waals surface area contributed by atoms with E-state index in [1.54, 1.807) is 6.07 Å². The zero-order chi connectivity index (χ0) is 21.3. The number of benzene rings is 2. The normalized spacial score (nSPS) is 29.9. The molecule has 0 amide bonds. The Labute approximate surface area is 169 Å². The first-order valence-corrected chi connectivity index (χ1v) is 9.63. The first-order chi connectivity index (χ1) is 13.7. The molecular weight excluding hydrogens is 376 g/mol. The number of hydrogen-bond donors (Lipinski definition) is 6. The van der Waals surface area contributed by atoms with Crippen molar-refractivity contribution in [3.63, 3.8) is 0 Å². The zero-order valence-corrected chi connectivity index (χ0v) is 16.4. The van der Waals surface area contributed by atoms with E-state index in [1.807, 2.05) is 24.3 Å². The Morgan fingerprint density at radius 1 is 0.966 bits per heavy atom. The number of phenolic OH excluding ortho intramolecular Hbond substituents is 1. The third-order valence-electron chi connectivity index (χ3n) is 5.47. The molecule has 0 aromatic heterocycles. The average molecular weight is 404 g/mol. The van der Waals surface area contributed by atoms with Crippen molar-refractivity contribution in [2.45, 2.75) is 56.4 Å². The summed E-state index contributed by atoms with van der Waals surface area (Å²) in [4.78, 5) is 0. The van der Waals surface area contributed by atoms with Crippen LogP contribution < -0.4 is 0 Å². The Hall–Kier alpha value is -2.00. The van der Waals surface area contributed by atoms with Gasteiger partial charge in [0.25, 0.3) is 0 Å². The maximum absolute atomic E-state index is 11.0. The van der Waals surface area contributed by atoms with Crippen molar-refractivity contribution in [3.05, 3.63) is 64.7 Å². The standard InChI is InChI=1S/C22H28O7/c1-12(2)15-6-3-13(4-7-15)9-14-5-8-17(24)16(10-14)22(28)21(27)20(26)19(25)18(11-23)29-22/h3-8,10,12,18-21,23-28H,9,11H2,1-2H3/t18-,19-,20+,21-,22+/m1/s1. The van der Waals surface area contributed by atoms with Crippen LogP contribution in [0.3, 0.4) is 0 Å². The Kier molecular flexibility index (Phi) is 6.28. The predicted molar refractivity (Wildman–Crippen MR) is 105 cm³/mol. The Bertz CT molecular complexity index is 834. The van der Waals surface area contributed by atoms with Crippen LogP contribution >= 0.6 is 0 Å². The largest absolute Gasteiger partial charge is 0.507 e. The van der Waals surface area contributed by atoms with Gasteiger partial charge in [-0.15, -0.1) is 0 Å². The number of ether oxygens (including phenoxy) is 1. The Balaban J connectivity index is 1.92. The fourth-order valence-electron chi connectivity index (χ4n) is 3.61. The lowest BCUT2D eigenvalue weighted by Gasteiger charge is -2.45. The SMILES string of the molecule is CC(C)c1ccc(Cc2ccc(O)c([C@]3(O)O[C@H](CO)[C@@H](O)[C@H](O)[C@H]3O)c2)cc1. The highest BCUT2D eigenvalue weighted by atomic mass is 16.7. The Morgan fingerprint density at radius 2 is 1.59 bits per heavy atom. The maximum atomic E-state index is 11.0. The fourth-order valence-corrected chi connectivity index (χ4v) is 3.61. The van der Waals surface area contributed by atoms with E-state index >= 15 is 0 Å². The van der Waals surface area contributed by atoms with Crippen molar-refractivity contribution in [2.24, 2.45) is 0 Å². The summed E-state index contributed by atoms with van der Waals surface area (Å²) in [6.45, 7) is 3.54. The molecule has 1 saturated heterocycles. The molecule has 0 aliphatic carbocycles. The molecule has 3 rings (SSSR count). The molecule has 158 valence electrons.